The number of imidazole rings is 1. The second kappa shape index (κ2) is 5.81. The highest BCUT2D eigenvalue weighted by molar-refractivity contribution is 5.46. The lowest BCUT2D eigenvalue weighted by molar-refractivity contribution is 0.179. The molecule has 0 aliphatic carbocycles. The van der Waals surface area contributed by atoms with Crippen molar-refractivity contribution in [3.8, 4) is 0 Å². The first-order valence-corrected chi connectivity index (χ1v) is 8.38. The largest absolute Gasteiger partial charge is 0.380 e. The Morgan fingerprint density at radius 1 is 1.40 bits per heavy atom. The number of fused-ring (bicyclic) bond motifs is 1. The molecule has 1 aliphatic rings. The summed E-state index contributed by atoms with van der Waals surface area (Å²) in [5.41, 5.74) is 1.80. The first-order chi connectivity index (χ1) is 12.0. The smallest absolute Gasteiger partial charge is 0.276 e. The van der Waals surface area contributed by atoms with Gasteiger partial charge in [-0.05, 0) is 31.0 Å². The van der Waals surface area contributed by atoms with E-state index in [2.05, 4.69) is 11.9 Å². The third-order valence-electron chi connectivity index (χ3n) is 4.99. The summed E-state index contributed by atoms with van der Waals surface area (Å²) in [5.74, 6) is 0.559. The fourth-order valence-electron chi connectivity index (χ4n) is 3.51. The summed E-state index contributed by atoms with van der Waals surface area (Å²) < 4.78 is 22.5. The molecule has 1 atom stereocenters. The van der Waals surface area contributed by atoms with Crippen LogP contribution in [-0.2, 0) is 16.7 Å². The molecule has 2 aromatic heterocycles. The minimum Gasteiger partial charge on any atom is -0.380 e. The molecule has 1 aliphatic heterocycles. The van der Waals surface area contributed by atoms with E-state index >= 15 is 0 Å². The number of aromatic nitrogens is 3. The van der Waals surface area contributed by atoms with E-state index in [1.165, 1.54) is 12.1 Å². The van der Waals surface area contributed by atoms with Gasteiger partial charge in [0.05, 0.1) is 24.8 Å². The highest BCUT2D eigenvalue weighted by atomic mass is 19.1. The second-order valence-corrected chi connectivity index (χ2v) is 6.99. The van der Waals surface area contributed by atoms with Gasteiger partial charge >= 0.3 is 0 Å². The van der Waals surface area contributed by atoms with Crippen molar-refractivity contribution in [3.63, 3.8) is 0 Å². The predicted molar refractivity (Wildman–Crippen MR) is 92.5 cm³/mol. The zero-order chi connectivity index (χ0) is 17.6. The lowest BCUT2D eigenvalue weighted by Gasteiger charge is -2.21. The quantitative estimate of drug-likeness (QED) is 0.736. The van der Waals surface area contributed by atoms with E-state index < -0.39 is 0 Å². The van der Waals surface area contributed by atoms with Gasteiger partial charge in [0.15, 0.2) is 0 Å². The van der Waals surface area contributed by atoms with Crippen LogP contribution in [0.1, 0.15) is 30.4 Å². The Morgan fingerprint density at radius 2 is 2.24 bits per heavy atom. The van der Waals surface area contributed by atoms with Crippen LogP contribution < -0.4 is 5.56 Å². The maximum absolute atomic E-state index is 13.4. The molecule has 130 valence electrons. The number of nitrogens with zero attached hydrogens (tertiary/aromatic N) is 3. The van der Waals surface area contributed by atoms with Crippen molar-refractivity contribution < 1.29 is 9.13 Å². The van der Waals surface area contributed by atoms with Crippen LogP contribution in [-0.4, -0.2) is 27.2 Å². The number of hydrogen-bond donors (Lipinski definition) is 0. The molecule has 5 nitrogen and oxygen atoms in total. The molecule has 0 saturated carbocycles. The molecule has 6 heteroatoms. The van der Waals surface area contributed by atoms with Crippen molar-refractivity contribution in [3.05, 3.63) is 69.9 Å². The van der Waals surface area contributed by atoms with Crippen molar-refractivity contribution in [1.29, 1.82) is 0 Å². The lowest BCUT2D eigenvalue weighted by Crippen LogP contribution is -2.28. The van der Waals surface area contributed by atoms with E-state index in [9.17, 15) is 9.18 Å². The number of rotatable bonds is 3. The van der Waals surface area contributed by atoms with Gasteiger partial charge in [-0.1, -0.05) is 19.1 Å². The Morgan fingerprint density at radius 3 is 2.96 bits per heavy atom. The predicted octanol–water partition coefficient (Wildman–Crippen LogP) is 2.67. The molecule has 3 aromatic rings. The molecule has 4 rings (SSSR count). The van der Waals surface area contributed by atoms with Crippen LogP contribution >= 0.6 is 0 Å². The van der Waals surface area contributed by atoms with Crippen LogP contribution in [0.3, 0.4) is 0 Å². The van der Waals surface area contributed by atoms with Gasteiger partial charge in [-0.25, -0.2) is 9.37 Å². The molecule has 3 heterocycles. The van der Waals surface area contributed by atoms with Gasteiger partial charge in [-0.3, -0.25) is 9.20 Å². The molecule has 1 unspecified atom stereocenters. The van der Waals surface area contributed by atoms with Crippen molar-refractivity contribution in [2.75, 3.05) is 13.2 Å². The van der Waals surface area contributed by atoms with Crippen LogP contribution in [0.25, 0.3) is 5.52 Å². The Balaban J connectivity index is 1.82. The lowest BCUT2D eigenvalue weighted by atomic mass is 9.89. The van der Waals surface area contributed by atoms with Crippen LogP contribution in [0, 0.1) is 12.7 Å². The Labute approximate surface area is 144 Å². The van der Waals surface area contributed by atoms with Crippen molar-refractivity contribution in [1.82, 2.24) is 14.0 Å². The van der Waals surface area contributed by atoms with E-state index in [4.69, 9.17) is 4.74 Å². The molecular weight excluding hydrogens is 321 g/mol. The summed E-state index contributed by atoms with van der Waals surface area (Å²) in [5, 5.41) is 0. The zero-order valence-electron chi connectivity index (χ0n) is 14.3. The normalized spacial score (nSPS) is 20.4. The average molecular weight is 341 g/mol. The van der Waals surface area contributed by atoms with Gasteiger partial charge in [-0.15, -0.1) is 0 Å². The van der Waals surface area contributed by atoms with Crippen molar-refractivity contribution >= 4 is 5.52 Å². The second-order valence-electron chi connectivity index (χ2n) is 6.99. The Hall–Kier alpha value is -2.47. The molecule has 0 radical (unpaired) electrons. The van der Waals surface area contributed by atoms with E-state index in [0.29, 0.717) is 25.3 Å². The van der Waals surface area contributed by atoms with Crippen molar-refractivity contribution in [2.45, 2.75) is 32.2 Å². The molecule has 0 spiro atoms. The third kappa shape index (κ3) is 2.66. The molecule has 25 heavy (non-hydrogen) atoms. The molecule has 1 saturated heterocycles. The third-order valence-corrected chi connectivity index (χ3v) is 4.99. The highest BCUT2D eigenvalue weighted by Gasteiger charge is 2.35. The highest BCUT2D eigenvalue weighted by Crippen LogP contribution is 2.31. The molecule has 0 amide bonds. The summed E-state index contributed by atoms with van der Waals surface area (Å²) in [7, 11) is 0. The van der Waals surface area contributed by atoms with Gasteiger partial charge in [0.2, 0.25) is 0 Å². The first-order valence-electron chi connectivity index (χ1n) is 8.38. The van der Waals surface area contributed by atoms with E-state index in [1.54, 1.807) is 16.8 Å². The molecule has 1 aromatic carbocycles. The summed E-state index contributed by atoms with van der Waals surface area (Å²) in [6, 6.07) is 6.32. The number of hydrogen-bond acceptors (Lipinski definition) is 3. The maximum atomic E-state index is 13.4. The fraction of sp³-hybridized carbons (Fsp3) is 0.368. The SMILES string of the molecule is Cc1cn2c(C3(C)CCOC3)ncc2c(=O)n1Cc1cccc(F)c1. The Kier molecular flexibility index (Phi) is 3.72. The summed E-state index contributed by atoms with van der Waals surface area (Å²) >= 11 is 0. The standard InChI is InChI=1S/C19H20FN3O2/c1-13-10-23-16(9-21-18(23)19(2)6-7-25-12-19)17(24)22(13)11-14-4-3-5-15(20)8-14/h3-5,8-10H,6-7,11-12H2,1-2H3. The molecule has 1 fully saturated rings. The van der Waals surface area contributed by atoms with E-state index in [0.717, 1.165) is 23.5 Å². The summed E-state index contributed by atoms with van der Waals surface area (Å²) in [6.07, 6.45) is 4.45. The minimum absolute atomic E-state index is 0.120. The van der Waals surface area contributed by atoms with Gasteiger partial charge in [0.25, 0.3) is 5.56 Å². The number of ether oxygens (including phenoxy) is 1. The van der Waals surface area contributed by atoms with Crippen LogP contribution in [0.5, 0.6) is 0 Å². The fourth-order valence-corrected chi connectivity index (χ4v) is 3.51. The number of benzene rings is 1. The van der Waals surface area contributed by atoms with E-state index in [-0.39, 0.29) is 16.8 Å². The molecule has 0 bridgehead atoms. The zero-order valence-corrected chi connectivity index (χ0v) is 14.3. The molecular formula is C19H20FN3O2. The van der Waals surface area contributed by atoms with E-state index in [1.807, 2.05) is 23.6 Å². The van der Waals surface area contributed by atoms with Gasteiger partial charge in [-0.2, -0.15) is 0 Å². The van der Waals surface area contributed by atoms with Crippen LogP contribution in [0.2, 0.25) is 0 Å². The van der Waals surface area contributed by atoms with Crippen LogP contribution in [0.4, 0.5) is 4.39 Å². The van der Waals surface area contributed by atoms with Gasteiger partial charge in [0, 0.05) is 18.5 Å². The monoisotopic (exact) mass is 341 g/mol. The summed E-state index contributed by atoms with van der Waals surface area (Å²) in [4.78, 5) is 17.5. The van der Waals surface area contributed by atoms with Gasteiger partial charge < -0.3 is 9.30 Å². The molecule has 0 N–H and O–H groups in total. The maximum Gasteiger partial charge on any atom is 0.276 e. The Bertz CT molecular complexity index is 1000. The van der Waals surface area contributed by atoms with Gasteiger partial charge in [0.1, 0.15) is 17.2 Å². The number of halogens is 1. The first kappa shape index (κ1) is 16.0. The minimum atomic E-state index is -0.301. The van der Waals surface area contributed by atoms with Crippen molar-refractivity contribution in [2.24, 2.45) is 0 Å². The topological polar surface area (TPSA) is 48.5 Å². The average Bonchev–Trinajstić information content (AvgIpc) is 3.19. The number of aryl methyl sites for hydroxylation is 1. The summed E-state index contributed by atoms with van der Waals surface area (Å²) in [6.45, 7) is 5.65. The van der Waals surface area contributed by atoms with Crippen LogP contribution in [0.15, 0.2) is 41.5 Å².